The molecule has 6 radical (unpaired) electrons. The Morgan fingerprint density at radius 3 is 2.44 bits per heavy atom. The molecule has 4 amide bonds. The molecule has 3 aliphatic heterocycles. The largest absolute Gasteiger partial charge is 0.383 e. The van der Waals surface area contributed by atoms with Crippen LogP contribution in [0.4, 0.5) is 11.5 Å². The summed E-state index contributed by atoms with van der Waals surface area (Å²) in [5.74, 6) is -0.129. The molecular weight excluding hydrogens is 729 g/mol. The summed E-state index contributed by atoms with van der Waals surface area (Å²) in [6.45, 7) is 11.7. The van der Waals surface area contributed by atoms with E-state index in [2.05, 4.69) is 76.6 Å². The Balaban J connectivity index is 0.846. The fourth-order valence-corrected chi connectivity index (χ4v) is 9.67. The molecule has 1 aromatic carbocycles. The molecule has 3 aromatic rings. The zero-order chi connectivity index (χ0) is 38.7. The Kier molecular flexibility index (Phi) is 12.2. The van der Waals surface area contributed by atoms with E-state index in [9.17, 15) is 19.2 Å². The van der Waals surface area contributed by atoms with Crippen LogP contribution in [0.25, 0.3) is 5.65 Å². The van der Waals surface area contributed by atoms with Crippen LogP contribution in [0, 0.1) is 5.92 Å². The van der Waals surface area contributed by atoms with Crippen molar-refractivity contribution in [2.45, 2.75) is 88.0 Å². The fraction of sp³-hybridized carbons (Fsp3) is 0.590. The number of nitrogens with zero attached hydrogens (tertiary/aromatic N) is 6. The van der Waals surface area contributed by atoms with Gasteiger partial charge in [-0.3, -0.25) is 39.2 Å². The van der Waals surface area contributed by atoms with Gasteiger partial charge in [-0.1, -0.05) is 19.9 Å². The highest BCUT2D eigenvalue weighted by Crippen LogP contribution is 2.39. The lowest BCUT2D eigenvalue weighted by molar-refractivity contribution is -0.136. The maximum Gasteiger partial charge on any atom is 0.264 e. The van der Waals surface area contributed by atoms with Gasteiger partial charge in [0.25, 0.3) is 11.8 Å². The summed E-state index contributed by atoms with van der Waals surface area (Å²) in [6.07, 6.45) is 7.44. The maximum atomic E-state index is 13.4. The van der Waals surface area contributed by atoms with Crippen LogP contribution in [0.5, 0.6) is 0 Å². The predicted octanol–water partition coefficient (Wildman–Crippen LogP) is 2.39. The number of benzene rings is 1. The molecule has 2 aromatic heterocycles. The molecule has 14 nitrogen and oxygen atoms in total. The lowest BCUT2D eigenvalue weighted by Gasteiger charge is -2.36. The summed E-state index contributed by atoms with van der Waals surface area (Å²) in [5, 5.41) is 17.9. The minimum atomic E-state index is -0.978. The van der Waals surface area contributed by atoms with E-state index in [1.807, 2.05) is 16.8 Å². The van der Waals surface area contributed by atoms with E-state index >= 15 is 0 Å². The lowest BCUT2D eigenvalue weighted by Crippen LogP contribution is -2.54. The SMILES string of the molecule is CCC(CC)c1cc(NC([Si])[C@H]2CC[C@](C[Si])(NCCN3CCN(CCNc4cccc5c4C(=O)N(C4CCC(=O)NC4=O)C5=O)CC3)C2)n2nccc2n1. The summed E-state index contributed by atoms with van der Waals surface area (Å²) in [7, 11) is 7.99. The van der Waals surface area contributed by atoms with E-state index in [0.29, 0.717) is 29.6 Å². The van der Waals surface area contributed by atoms with Crippen molar-refractivity contribution in [2.75, 3.05) is 63.0 Å². The van der Waals surface area contributed by atoms with Crippen LogP contribution >= 0.6 is 0 Å². The van der Waals surface area contributed by atoms with Gasteiger partial charge in [0.2, 0.25) is 11.8 Å². The molecule has 0 spiro atoms. The second kappa shape index (κ2) is 17.0. The van der Waals surface area contributed by atoms with Gasteiger partial charge < -0.3 is 16.0 Å². The molecule has 1 saturated carbocycles. The van der Waals surface area contributed by atoms with Crippen molar-refractivity contribution < 1.29 is 19.2 Å². The third-order valence-electron chi connectivity index (χ3n) is 12.1. The van der Waals surface area contributed by atoms with Crippen molar-refractivity contribution in [3.8, 4) is 0 Å². The third-order valence-corrected chi connectivity index (χ3v) is 13.4. The number of anilines is 2. The number of rotatable bonds is 16. The molecule has 4 atom stereocenters. The van der Waals surface area contributed by atoms with Gasteiger partial charge in [0.1, 0.15) is 11.9 Å². The number of amides is 4. The summed E-state index contributed by atoms with van der Waals surface area (Å²) >= 11 is 0. The molecule has 2 saturated heterocycles. The van der Waals surface area contributed by atoms with Gasteiger partial charge in [0, 0.05) is 110 Å². The zero-order valence-corrected chi connectivity index (χ0v) is 33.9. The molecule has 4 aliphatic rings. The molecule has 2 unspecified atom stereocenters. The van der Waals surface area contributed by atoms with E-state index in [1.165, 1.54) is 0 Å². The Hall–Kier alpha value is -3.97. The van der Waals surface area contributed by atoms with Crippen molar-refractivity contribution in [1.29, 1.82) is 0 Å². The van der Waals surface area contributed by atoms with Crippen LogP contribution in [0.1, 0.15) is 91.1 Å². The number of imide groups is 2. The standard InChI is InChI=1S/C39H52N10O4Si2/c1-3-25(4-2)29-22-32(49-31(43-29)11-13-42-49)44-36(55)26-10-12-39(23-26,24-54)41-15-17-47-20-18-46(19-21-47)16-14-40-28-7-5-6-27-34(28)38(53)48(37(27)52)30-8-9-33(50)45-35(30)51/h5-7,11,13,22,25-26,30,36,40-41,44H,3-4,8-10,12,14-21,23-24H2,1-2H3,(H,45,50,51)/t26-,30?,36?,39-/m0/s1. The third kappa shape index (κ3) is 8.29. The first-order valence-electron chi connectivity index (χ1n) is 19.9. The number of nitrogens with one attached hydrogen (secondary N) is 4. The number of carbonyl (C=O) groups is 4. The predicted molar refractivity (Wildman–Crippen MR) is 213 cm³/mol. The molecule has 55 heavy (non-hydrogen) atoms. The first kappa shape index (κ1) is 39.3. The van der Waals surface area contributed by atoms with Crippen molar-refractivity contribution in [3.63, 3.8) is 0 Å². The molecule has 5 heterocycles. The highest BCUT2D eigenvalue weighted by atomic mass is 28.1. The number of fused-ring (bicyclic) bond motifs is 2. The van der Waals surface area contributed by atoms with Crippen LogP contribution in [0.3, 0.4) is 0 Å². The van der Waals surface area contributed by atoms with E-state index in [4.69, 9.17) is 4.98 Å². The average Bonchev–Trinajstić information content (AvgIpc) is 3.91. The normalized spacial score (nSPS) is 24.2. The van der Waals surface area contributed by atoms with E-state index in [1.54, 1.807) is 18.2 Å². The van der Waals surface area contributed by atoms with Crippen molar-refractivity contribution in [2.24, 2.45) is 5.92 Å². The Morgan fingerprint density at radius 2 is 1.73 bits per heavy atom. The van der Waals surface area contributed by atoms with Gasteiger partial charge in [0.15, 0.2) is 5.65 Å². The van der Waals surface area contributed by atoms with Gasteiger partial charge >= 0.3 is 0 Å². The van der Waals surface area contributed by atoms with Gasteiger partial charge in [-0.25, -0.2) is 4.98 Å². The van der Waals surface area contributed by atoms with Gasteiger partial charge in [-0.2, -0.15) is 9.61 Å². The molecule has 1 aliphatic carbocycles. The second-order valence-corrected chi connectivity index (χ2v) is 16.5. The zero-order valence-electron chi connectivity index (χ0n) is 31.9. The van der Waals surface area contributed by atoms with Crippen molar-refractivity contribution in [1.82, 2.24) is 39.9 Å². The quantitative estimate of drug-likeness (QED) is 0.125. The number of piperidine rings is 1. The van der Waals surface area contributed by atoms with Crippen LogP contribution in [0.15, 0.2) is 36.5 Å². The number of hydrogen-bond acceptors (Lipinski definition) is 11. The first-order valence-corrected chi connectivity index (χ1v) is 21.2. The van der Waals surface area contributed by atoms with Crippen LogP contribution in [-0.4, -0.2) is 143 Å². The lowest BCUT2D eigenvalue weighted by atomic mass is 9.97. The van der Waals surface area contributed by atoms with Gasteiger partial charge in [-0.15, -0.1) is 0 Å². The summed E-state index contributed by atoms with van der Waals surface area (Å²) < 4.78 is 1.90. The van der Waals surface area contributed by atoms with Crippen LogP contribution in [-0.2, 0) is 9.59 Å². The second-order valence-electron chi connectivity index (χ2n) is 15.5. The Bertz CT molecular complexity index is 1900. The molecule has 4 N–H and O–H groups in total. The van der Waals surface area contributed by atoms with Crippen LogP contribution < -0.4 is 21.3 Å². The highest BCUT2D eigenvalue weighted by molar-refractivity contribution is 6.25. The minimum absolute atomic E-state index is 0.0457. The number of aromatic nitrogens is 3. The molecule has 16 heteroatoms. The summed E-state index contributed by atoms with van der Waals surface area (Å²) in [5.41, 5.74) is 3.31. The smallest absolute Gasteiger partial charge is 0.264 e. The van der Waals surface area contributed by atoms with Crippen molar-refractivity contribution >= 4 is 61.3 Å². The highest BCUT2D eigenvalue weighted by Gasteiger charge is 2.45. The molecule has 0 bridgehead atoms. The minimum Gasteiger partial charge on any atom is -0.383 e. The molecule has 290 valence electrons. The monoisotopic (exact) mass is 780 g/mol. The number of hydrogen-bond donors (Lipinski definition) is 4. The van der Waals surface area contributed by atoms with Crippen LogP contribution in [0.2, 0.25) is 6.04 Å². The Morgan fingerprint density at radius 1 is 0.982 bits per heavy atom. The number of piperazine rings is 1. The Labute approximate surface area is 329 Å². The van der Waals surface area contributed by atoms with E-state index < -0.39 is 23.8 Å². The number of carbonyl (C=O) groups excluding carboxylic acids is 4. The average molecular weight is 781 g/mol. The topological polar surface area (TPSA) is 156 Å². The van der Waals surface area contributed by atoms with E-state index in [0.717, 1.165) is 106 Å². The first-order chi connectivity index (χ1) is 26.6. The summed E-state index contributed by atoms with van der Waals surface area (Å²) in [6, 6.07) is 9.24. The van der Waals surface area contributed by atoms with Gasteiger partial charge in [-0.05, 0) is 62.6 Å². The molecule has 3 fully saturated rings. The summed E-state index contributed by atoms with van der Waals surface area (Å²) in [4.78, 5) is 61.5. The molecular formula is C39H52N10O4Si2. The fourth-order valence-electron chi connectivity index (χ4n) is 8.79. The van der Waals surface area contributed by atoms with Gasteiger partial charge in [0.05, 0.1) is 27.6 Å². The van der Waals surface area contributed by atoms with E-state index in [-0.39, 0.29) is 35.5 Å². The van der Waals surface area contributed by atoms with Crippen molar-refractivity contribution in [3.05, 3.63) is 53.3 Å². The maximum absolute atomic E-state index is 13.4. The molecule has 7 rings (SSSR count).